The van der Waals surface area contributed by atoms with Crippen LogP contribution in [0.1, 0.15) is 11.4 Å². The average molecular weight is 310 g/mol. The minimum atomic E-state index is -3.45. The summed E-state index contributed by atoms with van der Waals surface area (Å²) in [5.41, 5.74) is 2.69. The SMILES string of the molecule is Cc1nc2ccc(CNS(=O)(=O)N3CCOCC3)cc2[nH]1. The highest BCUT2D eigenvalue weighted by Gasteiger charge is 2.23. The molecule has 0 aliphatic carbocycles. The monoisotopic (exact) mass is 310 g/mol. The van der Waals surface area contributed by atoms with Crippen LogP contribution in [-0.4, -0.2) is 49.0 Å². The molecule has 2 heterocycles. The zero-order valence-electron chi connectivity index (χ0n) is 11.8. The third-order valence-electron chi connectivity index (χ3n) is 3.43. The van der Waals surface area contributed by atoms with E-state index >= 15 is 0 Å². The lowest BCUT2D eigenvalue weighted by Crippen LogP contribution is -2.46. The Hall–Kier alpha value is -1.48. The highest BCUT2D eigenvalue weighted by Crippen LogP contribution is 2.14. The van der Waals surface area contributed by atoms with Gasteiger partial charge in [-0.05, 0) is 24.6 Å². The first-order valence-corrected chi connectivity index (χ1v) is 8.26. The summed E-state index contributed by atoms with van der Waals surface area (Å²) in [5, 5.41) is 0. The van der Waals surface area contributed by atoms with Gasteiger partial charge < -0.3 is 9.72 Å². The van der Waals surface area contributed by atoms with Crippen molar-refractivity contribution in [1.29, 1.82) is 0 Å². The fourth-order valence-electron chi connectivity index (χ4n) is 2.35. The highest BCUT2D eigenvalue weighted by atomic mass is 32.2. The fourth-order valence-corrected chi connectivity index (χ4v) is 3.51. The Balaban J connectivity index is 1.70. The van der Waals surface area contributed by atoms with Crippen molar-refractivity contribution in [1.82, 2.24) is 19.0 Å². The topological polar surface area (TPSA) is 87.3 Å². The van der Waals surface area contributed by atoms with Gasteiger partial charge in [-0.1, -0.05) is 6.07 Å². The third-order valence-corrected chi connectivity index (χ3v) is 4.99. The lowest BCUT2D eigenvalue weighted by Gasteiger charge is -2.26. The van der Waals surface area contributed by atoms with Crippen LogP contribution in [0.5, 0.6) is 0 Å². The van der Waals surface area contributed by atoms with E-state index in [-0.39, 0.29) is 6.54 Å². The smallest absolute Gasteiger partial charge is 0.279 e. The molecule has 1 aromatic heterocycles. The maximum absolute atomic E-state index is 12.2. The molecule has 1 aliphatic heterocycles. The number of fused-ring (bicyclic) bond motifs is 1. The van der Waals surface area contributed by atoms with Gasteiger partial charge in [0.15, 0.2) is 0 Å². The molecule has 1 aromatic carbocycles. The maximum atomic E-state index is 12.2. The minimum Gasteiger partial charge on any atom is -0.379 e. The first-order chi connectivity index (χ1) is 10.0. The molecule has 0 radical (unpaired) electrons. The number of imidazole rings is 1. The predicted molar refractivity (Wildman–Crippen MR) is 79.0 cm³/mol. The molecule has 1 aliphatic rings. The summed E-state index contributed by atoms with van der Waals surface area (Å²) in [6.07, 6.45) is 0. The second-order valence-electron chi connectivity index (χ2n) is 5.01. The van der Waals surface area contributed by atoms with E-state index in [0.29, 0.717) is 26.3 Å². The van der Waals surface area contributed by atoms with E-state index in [2.05, 4.69) is 14.7 Å². The van der Waals surface area contributed by atoms with E-state index in [0.717, 1.165) is 22.4 Å². The summed E-state index contributed by atoms with van der Waals surface area (Å²) in [5.74, 6) is 0.844. The Morgan fingerprint density at radius 3 is 2.90 bits per heavy atom. The summed E-state index contributed by atoms with van der Waals surface area (Å²) in [6.45, 7) is 3.83. The van der Waals surface area contributed by atoms with E-state index < -0.39 is 10.2 Å². The van der Waals surface area contributed by atoms with Gasteiger partial charge in [-0.25, -0.2) is 4.98 Å². The molecule has 0 spiro atoms. The molecule has 8 heteroatoms. The molecule has 3 rings (SSSR count). The van der Waals surface area contributed by atoms with Gasteiger partial charge in [0.2, 0.25) is 0 Å². The molecule has 114 valence electrons. The van der Waals surface area contributed by atoms with Crippen LogP contribution in [0.3, 0.4) is 0 Å². The number of aromatic nitrogens is 2. The van der Waals surface area contributed by atoms with Gasteiger partial charge in [0.1, 0.15) is 5.82 Å². The van der Waals surface area contributed by atoms with Gasteiger partial charge >= 0.3 is 0 Å². The Labute approximate surface area is 123 Å². The van der Waals surface area contributed by atoms with Crippen LogP contribution in [-0.2, 0) is 21.5 Å². The molecule has 2 aromatic rings. The van der Waals surface area contributed by atoms with Crippen molar-refractivity contribution in [2.45, 2.75) is 13.5 Å². The molecule has 7 nitrogen and oxygen atoms in total. The van der Waals surface area contributed by atoms with Crippen molar-refractivity contribution in [3.05, 3.63) is 29.6 Å². The second kappa shape index (κ2) is 5.72. The van der Waals surface area contributed by atoms with Crippen LogP contribution >= 0.6 is 0 Å². The van der Waals surface area contributed by atoms with E-state index in [9.17, 15) is 8.42 Å². The van der Waals surface area contributed by atoms with Crippen LogP contribution < -0.4 is 4.72 Å². The van der Waals surface area contributed by atoms with Crippen molar-refractivity contribution in [3.63, 3.8) is 0 Å². The normalized spacial score (nSPS) is 17.4. The molecule has 1 fully saturated rings. The number of nitrogens with zero attached hydrogens (tertiary/aromatic N) is 2. The summed E-state index contributed by atoms with van der Waals surface area (Å²) < 4.78 is 33.5. The van der Waals surface area contributed by atoms with Gasteiger partial charge in [-0.15, -0.1) is 0 Å². The summed E-state index contributed by atoms with van der Waals surface area (Å²) in [4.78, 5) is 7.46. The molecule has 0 saturated carbocycles. The van der Waals surface area contributed by atoms with Gasteiger partial charge in [0.05, 0.1) is 24.2 Å². The molecule has 0 bridgehead atoms. The predicted octanol–water partition coefficient (Wildman–Crippen LogP) is 0.538. The number of ether oxygens (including phenoxy) is 1. The summed E-state index contributed by atoms with van der Waals surface area (Å²) in [7, 11) is -3.45. The van der Waals surface area contributed by atoms with E-state index in [4.69, 9.17) is 4.74 Å². The Morgan fingerprint density at radius 1 is 1.38 bits per heavy atom. The number of morpholine rings is 1. The number of nitrogens with one attached hydrogen (secondary N) is 2. The number of benzene rings is 1. The van der Waals surface area contributed by atoms with Crippen LogP contribution in [0.2, 0.25) is 0 Å². The first-order valence-electron chi connectivity index (χ1n) is 6.82. The van der Waals surface area contributed by atoms with Crippen molar-refractivity contribution in [2.75, 3.05) is 26.3 Å². The molecular weight excluding hydrogens is 292 g/mol. The number of H-pyrrole nitrogens is 1. The number of aromatic amines is 1. The quantitative estimate of drug-likeness (QED) is 0.863. The number of aryl methyl sites for hydroxylation is 1. The van der Waals surface area contributed by atoms with Crippen LogP contribution in [0.4, 0.5) is 0 Å². The second-order valence-corrected chi connectivity index (χ2v) is 6.77. The Bertz CT molecular complexity index is 735. The average Bonchev–Trinajstić information content (AvgIpc) is 2.85. The van der Waals surface area contributed by atoms with Crippen LogP contribution in [0.25, 0.3) is 11.0 Å². The number of hydrogen-bond acceptors (Lipinski definition) is 4. The molecule has 21 heavy (non-hydrogen) atoms. The molecule has 0 atom stereocenters. The Kier molecular flexibility index (Phi) is 3.94. The van der Waals surface area contributed by atoms with Gasteiger partial charge in [0.25, 0.3) is 10.2 Å². The van der Waals surface area contributed by atoms with Crippen molar-refractivity contribution < 1.29 is 13.2 Å². The fraction of sp³-hybridized carbons (Fsp3) is 0.462. The molecular formula is C13H18N4O3S. The number of hydrogen-bond donors (Lipinski definition) is 2. The lowest BCUT2D eigenvalue weighted by atomic mass is 10.2. The van der Waals surface area contributed by atoms with Crippen molar-refractivity contribution in [3.8, 4) is 0 Å². The van der Waals surface area contributed by atoms with Crippen molar-refractivity contribution in [2.24, 2.45) is 0 Å². The first kappa shape index (κ1) is 14.5. The van der Waals surface area contributed by atoms with E-state index in [1.807, 2.05) is 25.1 Å². The van der Waals surface area contributed by atoms with Gasteiger partial charge in [-0.3, -0.25) is 0 Å². The van der Waals surface area contributed by atoms with Crippen LogP contribution in [0.15, 0.2) is 18.2 Å². The lowest BCUT2D eigenvalue weighted by molar-refractivity contribution is 0.0725. The van der Waals surface area contributed by atoms with Gasteiger partial charge in [0, 0.05) is 19.6 Å². The molecule has 1 saturated heterocycles. The van der Waals surface area contributed by atoms with Gasteiger partial charge in [-0.2, -0.15) is 17.4 Å². The zero-order chi connectivity index (χ0) is 14.9. The molecule has 2 N–H and O–H groups in total. The third kappa shape index (κ3) is 3.24. The summed E-state index contributed by atoms with van der Waals surface area (Å²) in [6, 6.07) is 5.68. The van der Waals surface area contributed by atoms with E-state index in [1.54, 1.807) is 0 Å². The van der Waals surface area contributed by atoms with Crippen LogP contribution in [0, 0.1) is 6.92 Å². The Morgan fingerprint density at radius 2 is 2.14 bits per heavy atom. The highest BCUT2D eigenvalue weighted by molar-refractivity contribution is 7.87. The standard InChI is InChI=1S/C13H18N4O3S/c1-10-15-12-3-2-11(8-13(12)16-10)9-14-21(18,19)17-4-6-20-7-5-17/h2-3,8,14H,4-7,9H2,1H3,(H,15,16). The maximum Gasteiger partial charge on any atom is 0.279 e. The largest absolute Gasteiger partial charge is 0.379 e. The molecule has 0 amide bonds. The number of rotatable bonds is 4. The van der Waals surface area contributed by atoms with E-state index in [1.165, 1.54) is 4.31 Å². The zero-order valence-corrected chi connectivity index (χ0v) is 12.6. The van der Waals surface area contributed by atoms with Crippen molar-refractivity contribution >= 4 is 21.2 Å². The minimum absolute atomic E-state index is 0.258. The summed E-state index contributed by atoms with van der Waals surface area (Å²) >= 11 is 0. The molecule has 0 unspecified atom stereocenters.